The fourth-order valence-corrected chi connectivity index (χ4v) is 3.99. The maximum absolute atomic E-state index is 13.1. The SMILES string of the molecule is CCCn1c(SCc2ccc(F)cc2)nc(CC(C)C)c1CC(C)C. The third-order valence-corrected chi connectivity index (χ3v) is 5.10. The van der Waals surface area contributed by atoms with Gasteiger partial charge in [-0.05, 0) is 48.8 Å². The summed E-state index contributed by atoms with van der Waals surface area (Å²) in [7, 11) is 0. The van der Waals surface area contributed by atoms with Crippen molar-refractivity contribution in [3.8, 4) is 0 Å². The molecule has 0 saturated carbocycles. The van der Waals surface area contributed by atoms with Crippen molar-refractivity contribution in [2.75, 3.05) is 0 Å². The minimum Gasteiger partial charge on any atom is -0.323 e. The number of imidazole rings is 1. The lowest BCUT2D eigenvalue weighted by Crippen LogP contribution is -2.09. The zero-order valence-electron chi connectivity index (χ0n) is 16.2. The lowest BCUT2D eigenvalue weighted by Gasteiger charge is -2.14. The van der Waals surface area contributed by atoms with Crippen molar-refractivity contribution < 1.29 is 4.39 Å². The number of halogens is 1. The highest BCUT2D eigenvalue weighted by Gasteiger charge is 2.18. The summed E-state index contributed by atoms with van der Waals surface area (Å²) in [4.78, 5) is 5.01. The van der Waals surface area contributed by atoms with Crippen LogP contribution in [0, 0.1) is 17.7 Å². The van der Waals surface area contributed by atoms with Gasteiger partial charge in [0.15, 0.2) is 5.16 Å². The van der Waals surface area contributed by atoms with Crippen LogP contribution in [0.15, 0.2) is 29.4 Å². The molecule has 2 aromatic rings. The van der Waals surface area contributed by atoms with Crippen molar-refractivity contribution >= 4 is 11.8 Å². The van der Waals surface area contributed by atoms with Crippen LogP contribution in [0.5, 0.6) is 0 Å². The monoisotopic (exact) mass is 362 g/mol. The van der Waals surface area contributed by atoms with E-state index in [9.17, 15) is 4.39 Å². The summed E-state index contributed by atoms with van der Waals surface area (Å²) in [5.41, 5.74) is 3.80. The van der Waals surface area contributed by atoms with Crippen molar-refractivity contribution in [3.63, 3.8) is 0 Å². The highest BCUT2D eigenvalue weighted by molar-refractivity contribution is 7.98. The van der Waals surface area contributed by atoms with Crippen LogP contribution in [-0.2, 0) is 25.1 Å². The molecule has 25 heavy (non-hydrogen) atoms. The van der Waals surface area contributed by atoms with Crippen molar-refractivity contribution in [2.24, 2.45) is 11.8 Å². The maximum atomic E-state index is 13.1. The van der Waals surface area contributed by atoms with Gasteiger partial charge in [0.25, 0.3) is 0 Å². The Bertz CT molecular complexity index is 659. The molecule has 0 atom stereocenters. The molecule has 0 amide bonds. The lowest BCUT2D eigenvalue weighted by atomic mass is 10.0. The van der Waals surface area contributed by atoms with Crippen molar-refractivity contribution in [2.45, 2.75) is 71.3 Å². The first kappa shape index (κ1) is 20.0. The molecule has 1 aromatic heterocycles. The first-order valence-electron chi connectivity index (χ1n) is 9.36. The Morgan fingerprint density at radius 1 is 1.04 bits per heavy atom. The molecule has 1 aromatic carbocycles. The summed E-state index contributed by atoms with van der Waals surface area (Å²) in [6.45, 7) is 12.3. The fourth-order valence-electron chi connectivity index (χ4n) is 2.97. The molecule has 1 heterocycles. The molecule has 2 nitrogen and oxygen atoms in total. The minimum absolute atomic E-state index is 0.181. The summed E-state index contributed by atoms with van der Waals surface area (Å²) in [6, 6.07) is 6.78. The Balaban J connectivity index is 2.27. The normalized spacial score (nSPS) is 11.7. The van der Waals surface area contributed by atoms with Crippen LogP contribution >= 0.6 is 11.8 Å². The molecular weight excluding hydrogens is 331 g/mol. The number of thioether (sulfide) groups is 1. The van der Waals surface area contributed by atoms with Crippen molar-refractivity contribution in [1.29, 1.82) is 0 Å². The van der Waals surface area contributed by atoms with Gasteiger partial charge in [-0.2, -0.15) is 0 Å². The second-order valence-electron chi connectivity index (χ2n) is 7.55. The fraction of sp³-hybridized carbons (Fsp3) is 0.571. The van der Waals surface area contributed by atoms with Crippen LogP contribution < -0.4 is 0 Å². The van der Waals surface area contributed by atoms with Gasteiger partial charge in [0.1, 0.15) is 5.82 Å². The van der Waals surface area contributed by atoms with E-state index in [1.54, 1.807) is 11.8 Å². The highest BCUT2D eigenvalue weighted by atomic mass is 32.2. The second kappa shape index (κ2) is 9.42. The molecule has 0 spiro atoms. The Hall–Kier alpha value is -1.29. The van der Waals surface area contributed by atoms with Gasteiger partial charge < -0.3 is 4.57 Å². The van der Waals surface area contributed by atoms with Gasteiger partial charge in [0.05, 0.1) is 5.69 Å². The molecule has 0 N–H and O–H groups in total. The van der Waals surface area contributed by atoms with Gasteiger partial charge in [-0.15, -0.1) is 0 Å². The van der Waals surface area contributed by atoms with Crippen LogP contribution in [0.2, 0.25) is 0 Å². The maximum Gasteiger partial charge on any atom is 0.168 e. The van der Waals surface area contributed by atoms with Crippen molar-refractivity contribution in [3.05, 3.63) is 47.0 Å². The average Bonchev–Trinajstić information content (AvgIpc) is 2.83. The number of nitrogens with zero attached hydrogens (tertiary/aromatic N) is 2. The van der Waals surface area contributed by atoms with Crippen LogP contribution in [0.25, 0.3) is 0 Å². The molecule has 4 heteroatoms. The number of benzene rings is 1. The Kier molecular flexibility index (Phi) is 7.55. The molecule has 0 fully saturated rings. The highest BCUT2D eigenvalue weighted by Crippen LogP contribution is 2.28. The molecule has 0 aliphatic rings. The predicted octanol–water partition coefficient (Wildman–Crippen LogP) is 6.12. The number of hydrogen-bond acceptors (Lipinski definition) is 2. The largest absolute Gasteiger partial charge is 0.323 e. The Labute approximate surface area is 156 Å². The van der Waals surface area contributed by atoms with Crippen LogP contribution in [0.3, 0.4) is 0 Å². The summed E-state index contributed by atoms with van der Waals surface area (Å²) >= 11 is 1.76. The van der Waals surface area contributed by atoms with E-state index in [2.05, 4.69) is 39.2 Å². The van der Waals surface area contributed by atoms with Crippen LogP contribution in [0.4, 0.5) is 4.39 Å². The molecular formula is C21H31FN2S. The predicted molar refractivity (Wildman–Crippen MR) is 106 cm³/mol. The van der Waals surface area contributed by atoms with Gasteiger partial charge in [0.2, 0.25) is 0 Å². The quantitative estimate of drug-likeness (QED) is 0.500. The topological polar surface area (TPSA) is 17.8 Å². The molecule has 0 aliphatic carbocycles. The van der Waals surface area contributed by atoms with E-state index >= 15 is 0 Å². The Morgan fingerprint density at radius 2 is 1.68 bits per heavy atom. The average molecular weight is 363 g/mol. The molecule has 0 unspecified atom stereocenters. The van der Waals surface area contributed by atoms with E-state index in [1.165, 1.54) is 23.5 Å². The van der Waals surface area contributed by atoms with E-state index in [1.807, 2.05) is 12.1 Å². The lowest BCUT2D eigenvalue weighted by molar-refractivity contribution is 0.546. The van der Waals surface area contributed by atoms with Crippen LogP contribution in [0.1, 0.15) is 58.0 Å². The zero-order valence-corrected chi connectivity index (χ0v) is 17.0. The molecule has 138 valence electrons. The number of rotatable bonds is 9. The Morgan fingerprint density at radius 3 is 2.24 bits per heavy atom. The van der Waals surface area contributed by atoms with Gasteiger partial charge in [-0.1, -0.05) is 58.5 Å². The number of hydrogen-bond donors (Lipinski definition) is 0. The third-order valence-electron chi connectivity index (χ3n) is 4.05. The summed E-state index contributed by atoms with van der Waals surface area (Å²) in [6.07, 6.45) is 3.21. The number of aromatic nitrogens is 2. The first-order valence-corrected chi connectivity index (χ1v) is 10.3. The van der Waals surface area contributed by atoms with E-state index in [0.29, 0.717) is 11.8 Å². The molecule has 0 saturated heterocycles. The molecule has 0 radical (unpaired) electrons. The van der Waals surface area contributed by atoms with Gasteiger partial charge in [-0.3, -0.25) is 0 Å². The van der Waals surface area contributed by atoms with E-state index < -0.39 is 0 Å². The van der Waals surface area contributed by atoms with E-state index in [-0.39, 0.29) is 5.82 Å². The van der Waals surface area contributed by atoms with E-state index in [4.69, 9.17) is 4.98 Å². The zero-order chi connectivity index (χ0) is 18.4. The standard InChI is InChI=1S/C21H31FN2S/c1-6-11-24-20(13-16(4)5)19(12-15(2)3)23-21(24)25-14-17-7-9-18(22)10-8-17/h7-10,15-16H,6,11-14H2,1-5H3. The third kappa shape index (κ3) is 5.88. The smallest absolute Gasteiger partial charge is 0.168 e. The molecule has 0 aliphatic heterocycles. The van der Waals surface area contributed by atoms with Crippen molar-refractivity contribution in [1.82, 2.24) is 9.55 Å². The minimum atomic E-state index is -0.181. The summed E-state index contributed by atoms with van der Waals surface area (Å²) in [5.74, 6) is 1.86. The molecule has 2 rings (SSSR count). The van der Waals surface area contributed by atoms with Gasteiger partial charge in [-0.25, -0.2) is 9.37 Å². The van der Waals surface area contributed by atoms with Gasteiger partial charge >= 0.3 is 0 Å². The summed E-state index contributed by atoms with van der Waals surface area (Å²) < 4.78 is 15.5. The first-order chi connectivity index (χ1) is 11.9. The second-order valence-corrected chi connectivity index (χ2v) is 8.49. The molecule has 0 bridgehead atoms. The summed E-state index contributed by atoms with van der Waals surface area (Å²) in [5, 5.41) is 1.11. The van der Waals surface area contributed by atoms with Gasteiger partial charge in [0, 0.05) is 18.0 Å². The van der Waals surface area contributed by atoms with E-state index in [0.717, 1.165) is 42.3 Å². The van der Waals surface area contributed by atoms with Crippen LogP contribution in [-0.4, -0.2) is 9.55 Å².